The van der Waals surface area contributed by atoms with E-state index in [1.807, 2.05) is 41.1 Å². The standard InChI is InChI=1S/C19H23N5OS/c1-19(2,3)15-9-16(22-18(25)14-12-26-17(10-20)21-14)24(23-15)11-13-7-5-4-6-8-13/h4-9,12H,10-11,20H2,1-3H3,(H,22,25). The van der Waals surface area contributed by atoms with Gasteiger partial charge in [0.05, 0.1) is 12.2 Å². The van der Waals surface area contributed by atoms with Crippen LogP contribution < -0.4 is 11.1 Å². The van der Waals surface area contributed by atoms with Crippen LogP contribution in [0.2, 0.25) is 0 Å². The van der Waals surface area contributed by atoms with Crippen molar-refractivity contribution in [3.8, 4) is 0 Å². The molecule has 0 saturated carbocycles. The molecule has 2 heterocycles. The Labute approximate surface area is 157 Å². The molecule has 0 spiro atoms. The zero-order chi connectivity index (χ0) is 18.7. The first kappa shape index (κ1) is 18.3. The first-order valence-electron chi connectivity index (χ1n) is 8.45. The smallest absolute Gasteiger partial charge is 0.276 e. The van der Waals surface area contributed by atoms with E-state index in [1.165, 1.54) is 11.3 Å². The monoisotopic (exact) mass is 369 g/mol. The number of amides is 1. The topological polar surface area (TPSA) is 85.8 Å². The van der Waals surface area contributed by atoms with Crippen molar-refractivity contribution in [3.63, 3.8) is 0 Å². The molecule has 1 aromatic carbocycles. The SMILES string of the molecule is CC(C)(C)c1cc(NC(=O)c2csc(CN)n2)n(Cc2ccccc2)n1. The summed E-state index contributed by atoms with van der Waals surface area (Å²) in [7, 11) is 0. The summed E-state index contributed by atoms with van der Waals surface area (Å²) in [6, 6.07) is 12.0. The second-order valence-electron chi connectivity index (χ2n) is 7.09. The third-order valence-electron chi connectivity index (χ3n) is 3.92. The number of nitrogens with zero attached hydrogens (tertiary/aromatic N) is 3. The number of nitrogens with one attached hydrogen (secondary N) is 1. The van der Waals surface area contributed by atoms with Crippen LogP contribution in [0.5, 0.6) is 0 Å². The third kappa shape index (κ3) is 4.17. The number of hydrogen-bond donors (Lipinski definition) is 2. The highest BCUT2D eigenvalue weighted by Crippen LogP contribution is 2.25. The molecule has 0 unspecified atom stereocenters. The van der Waals surface area contributed by atoms with Crippen LogP contribution in [0.4, 0.5) is 5.82 Å². The van der Waals surface area contributed by atoms with E-state index in [9.17, 15) is 4.79 Å². The van der Waals surface area contributed by atoms with Crippen molar-refractivity contribution in [1.29, 1.82) is 0 Å². The van der Waals surface area contributed by atoms with Gasteiger partial charge in [-0.3, -0.25) is 4.79 Å². The summed E-state index contributed by atoms with van der Waals surface area (Å²) in [6.07, 6.45) is 0. The van der Waals surface area contributed by atoms with Crippen LogP contribution >= 0.6 is 11.3 Å². The molecule has 0 aliphatic rings. The van der Waals surface area contributed by atoms with Gasteiger partial charge in [0.25, 0.3) is 5.91 Å². The van der Waals surface area contributed by atoms with Crippen molar-refractivity contribution in [2.75, 3.05) is 5.32 Å². The van der Waals surface area contributed by atoms with E-state index in [0.717, 1.165) is 16.3 Å². The maximum absolute atomic E-state index is 12.6. The molecule has 3 rings (SSSR count). The highest BCUT2D eigenvalue weighted by molar-refractivity contribution is 7.09. The molecule has 0 bridgehead atoms. The molecule has 0 aliphatic heterocycles. The zero-order valence-electron chi connectivity index (χ0n) is 15.2. The van der Waals surface area contributed by atoms with Crippen molar-refractivity contribution >= 4 is 23.1 Å². The fourth-order valence-electron chi connectivity index (χ4n) is 2.45. The first-order valence-corrected chi connectivity index (χ1v) is 9.33. The van der Waals surface area contributed by atoms with E-state index in [0.29, 0.717) is 24.6 Å². The number of anilines is 1. The van der Waals surface area contributed by atoms with Crippen LogP contribution in [0.25, 0.3) is 0 Å². The number of carbonyl (C=O) groups is 1. The van der Waals surface area contributed by atoms with Gasteiger partial charge in [-0.15, -0.1) is 11.3 Å². The van der Waals surface area contributed by atoms with Crippen molar-refractivity contribution in [3.05, 3.63) is 63.7 Å². The molecule has 26 heavy (non-hydrogen) atoms. The Morgan fingerprint density at radius 3 is 2.62 bits per heavy atom. The summed E-state index contributed by atoms with van der Waals surface area (Å²) in [5, 5.41) is 10.1. The number of benzene rings is 1. The van der Waals surface area contributed by atoms with Gasteiger partial charge < -0.3 is 11.1 Å². The van der Waals surface area contributed by atoms with Gasteiger partial charge in [-0.05, 0) is 5.56 Å². The van der Waals surface area contributed by atoms with Gasteiger partial charge >= 0.3 is 0 Å². The summed E-state index contributed by atoms with van der Waals surface area (Å²) in [5.74, 6) is 0.404. The Bertz CT molecular complexity index is 892. The maximum Gasteiger partial charge on any atom is 0.276 e. The lowest BCUT2D eigenvalue weighted by Crippen LogP contribution is -2.17. The minimum Gasteiger partial charge on any atom is -0.325 e. The molecule has 0 fully saturated rings. The van der Waals surface area contributed by atoms with Crippen molar-refractivity contribution in [2.45, 2.75) is 39.3 Å². The zero-order valence-corrected chi connectivity index (χ0v) is 16.0. The summed E-state index contributed by atoms with van der Waals surface area (Å²) in [4.78, 5) is 16.8. The highest BCUT2D eigenvalue weighted by Gasteiger charge is 2.21. The molecule has 136 valence electrons. The van der Waals surface area contributed by atoms with Crippen LogP contribution in [-0.2, 0) is 18.5 Å². The molecule has 2 aromatic heterocycles. The quantitative estimate of drug-likeness (QED) is 0.722. The van der Waals surface area contributed by atoms with Crippen LogP contribution in [0.1, 0.15) is 47.5 Å². The average Bonchev–Trinajstić information content (AvgIpc) is 3.23. The van der Waals surface area contributed by atoms with Gasteiger partial charge in [0.1, 0.15) is 16.5 Å². The lowest BCUT2D eigenvalue weighted by atomic mass is 9.92. The van der Waals surface area contributed by atoms with E-state index in [1.54, 1.807) is 5.38 Å². The van der Waals surface area contributed by atoms with E-state index in [4.69, 9.17) is 10.8 Å². The predicted molar refractivity (Wildman–Crippen MR) is 104 cm³/mol. The van der Waals surface area contributed by atoms with E-state index < -0.39 is 0 Å². The summed E-state index contributed by atoms with van der Waals surface area (Å²) in [5.41, 5.74) is 7.88. The van der Waals surface area contributed by atoms with Crippen molar-refractivity contribution in [2.24, 2.45) is 5.73 Å². The Morgan fingerprint density at radius 2 is 2.00 bits per heavy atom. The predicted octanol–water partition coefficient (Wildman–Crippen LogP) is 3.40. The van der Waals surface area contributed by atoms with Crippen molar-refractivity contribution < 1.29 is 4.79 Å². The second-order valence-corrected chi connectivity index (χ2v) is 8.04. The van der Waals surface area contributed by atoms with Gasteiger partial charge in [0.2, 0.25) is 0 Å². The van der Waals surface area contributed by atoms with Crippen LogP contribution in [0.15, 0.2) is 41.8 Å². The van der Waals surface area contributed by atoms with Gasteiger partial charge in [-0.1, -0.05) is 51.1 Å². The number of hydrogen-bond acceptors (Lipinski definition) is 5. The molecule has 0 aliphatic carbocycles. The molecule has 1 amide bonds. The number of aromatic nitrogens is 3. The van der Waals surface area contributed by atoms with Gasteiger partial charge in [0, 0.05) is 23.4 Å². The van der Waals surface area contributed by atoms with Gasteiger partial charge in [0.15, 0.2) is 0 Å². The molecule has 0 saturated heterocycles. The Hall–Kier alpha value is -2.51. The minimum absolute atomic E-state index is 0.116. The fraction of sp³-hybridized carbons (Fsp3) is 0.316. The Balaban J connectivity index is 1.88. The van der Waals surface area contributed by atoms with E-state index >= 15 is 0 Å². The van der Waals surface area contributed by atoms with Crippen molar-refractivity contribution in [1.82, 2.24) is 14.8 Å². The number of carbonyl (C=O) groups excluding carboxylic acids is 1. The summed E-state index contributed by atoms with van der Waals surface area (Å²) < 4.78 is 1.82. The van der Waals surface area contributed by atoms with E-state index in [-0.39, 0.29) is 11.3 Å². The number of nitrogens with two attached hydrogens (primary N) is 1. The molecule has 7 heteroatoms. The second kappa shape index (κ2) is 7.39. The molecular formula is C19H23N5OS. The van der Waals surface area contributed by atoms with E-state index in [2.05, 4.69) is 31.1 Å². The summed E-state index contributed by atoms with van der Waals surface area (Å²) >= 11 is 1.39. The molecule has 3 aromatic rings. The maximum atomic E-state index is 12.6. The molecular weight excluding hydrogens is 346 g/mol. The lowest BCUT2D eigenvalue weighted by Gasteiger charge is -2.14. The van der Waals surface area contributed by atoms with Gasteiger partial charge in [-0.25, -0.2) is 9.67 Å². The minimum atomic E-state index is -0.254. The fourth-order valence-corrected chi connectivity index (χ4v) is 3.10. The Morgan fingerprint density at radius 1 is 1.27 bits per heavy atom. The van der Waals surface area contributed by atoms with Crippen LogP contribution in [0, 0.1) is 0 Å². The summed E-state index contributed by atoms with van der Waals surface area (Å²) in [6.45, 7) is 7.21. The van der Waals surface area contributed by atoms with Crippen LogP contribution in [0.3, 0.4) is 0 Å². The highest BCUT2D eigenvalue weighted by atomic mass is 32.1. The third-order valence-corrected chi connectivity index (χ3v) is 4.80. The first-order chi connectivity index (χ1) is 12.4. The average molecular weight is 369 g/mol. The normalized spacial score (nSPS) is 11.5. The molecule has 0 atom stereocenters. The molecule has 6 nitrogen and oxygen atoms in total. The lowest BCUT2D eigenvalue weighted by molar-refractivity contribution is 0.102. The Kier molecular flexibility index (Phi) is 5.20. The number of thiazole rings is 1. The molecule has 0 radical (unpaired) electrons. The largest absolute Gasteiger partial charge is 0.325 e. The van der Waals surface area contributed by atoms with Crippen LogP contribution in [-0.4, -0.2) is 20.7 Å². The van der Waals surface area contributed by atoms with Gasteiger partial charge in [-0.2, -0.15) is 5.10 Å². The number of rotatable bonds is 5. The molecule has 3 N–H and O–H groups in total.